The number of pyridine rings is 1. The van der Waals surface area contributed by atoms with E-state index in [0.29, 0.717) is 5.88 Å². The number of ether oxygens (including phenoxy) is 1. The summed E-state index contributed by atoms with van der Waals surface area (Å²) in [6.07, 6.45) is 6.07. The molecule has 1 aromatic heterocycles. The maximum atomic E-state index is 6.96. The van der Waals surface area contributed by atoms with Gasteiger partial charge in [-0.05, 0) is 68.0 Å². The van der Waals surface area contributed by atoms with Gasteiger partial charge in [-0.15, -0.1) is 0 Å². The minimum Gasteiger partial charge on any atom is -0.481 e. The normalized spacial score (nSPS) is 16.1. The van der Waals surface area contributed by atoms with E-state index < -0.39 is 0 Å². The summed E-state index contributed by atoms with van der Waals surface area (Å²) in [5, 5.41) is 0.764. The zero-order valence-electron chi connectivity index (χ0n) is 17.5. The van der Waals surface area contributed by atoms with Crippen molar-refractivity contribution in [1.82, 2.24) is 9.88 Å². The highest BCUT2D eigenvalue weighted by atomic mass is 35.5. The summed E-state index contributed by atoms with van der Waals surface area (Å²) in [4.78, 5) is 7.30. The Hall–Kier alpha value is -2.36. The summed E-state index contributed by atoms with van der Waals surface area (Å²) in [6, 6.07) is 17.1. The van der Waals surface area contributed by atoms with Crippen molar-refractivity contribution in [3.63, 3.8) is 0 Å². The lowest BCUT2D eigenvalue weighted by molar-refractivity contribution is 0.317. The molecule has 0 unspecified atom stereocenters. The fraction of sp³-hybridized carbons (Fsp3) is 0.346. The number of nitrogens with zero attached hydrogens (tertiary/aromatic N) is 2. The molecule has 2 aliphatic rings. The topological polar surface area (TPSA) is 25.4 Å². The maximum absolute atomic E-state index is 6.96. The Kier molecular flexibility index (Phi) is 5.49. The van der Waals surface area contributed by atoms with Crippen LogP contribution in [0.3, 0.4) is 0 Å². The van der Waals surface area contributed by atoms with Crippen LogP contribution in [-0.2, 0) is 19.4 Å². The van der Waals surface area contributed by atoms with Gasteiger partial charge in [-0.25, -0.2) is 4.98 Å². The number of benzene rings is 2. The molecule has 1 aliphatic carbocycles. The molecule has 0 saturated carbocycles. The van der Waals surface area contributed by atoms with Crippen molar-refractivity contribution in [1.29, 1.82) is 0 Å². The minimum atomic E-state index is 0.696. The zero-order valence-corrected chi connectivity index (χ0v) is 18.2. The molecule has 0 atom stereocenters. The summed E-state index contributed by atoms with van der Waals surface area (Å²) in [5.74, 6) is 0.696. The molecule has 4 heteroatoms. The quantitative estimate of drug-likeness (QED) is 0.496. The molecule has 1 fully saturated rings. The van der Waals surface area contributed by atoms with E-state index >= 15 is 0 Å². The number of aryl methyl sites for hydroxylation is 1. The van der Waals surface area contributed by atoms with Gasteiger partial charge < -0.3 is 4.74 Å². The first kappa shape index (κ1) is 19.6. The van der Waals surface area contributed by atoms with Gasteiger partial charge in [-0.2, -0.15) is 0 Å². The van der Waals surface area contributed by atoms with Crippen LogP contribution in [0.15, 0.2) is 48.5 Å². The molecule has 1 saturated heterocycles. The number of aromatic nitrogens is 1. The van der Waals surface area contributed by atoms with E-state index in [1.807, 2.05) is 0 Å². The largest absolute Gasteiger partial charge is 0.481 e. The Morgan fingerprint density at radius 2 is 1.67 bits per heavy atom. The fourth-order valence-electron chi connectivity index (χ4n) is 4.91. The van der Waals surface area contributed by atoms with Gasteiger partial charge in [0.1, 0.15) is 0 Å². The van der Waals surface area contributed by atoms with Crippen molar-refractivity contribution in [3.05, 3.63) is 70.2 Å². The average Bonchev–Trinajstić information content (AvgIpc) is 3.46. The molecule has 0 amide bonds. The van der Waals surface area contributed by atoms with Crippen molar-refractivity contribution in [2.75, 3.05) is 20.2 Å². The molecule has 2 aromatic carbocycles. The first-order chi connectivity index (χ1) is 14.7. The summed E-state index contributed by atoms with van der Waals surface area (Å²) >= 11 is 6.96. The zero-order chi connectivity index (χ0) is 20.5. The van der Waals surface area contributed by atoms with Crippen LogP contribution in [0.4, 0.5) is 0 Å². The lowest BCUT2D eigenvalue weighted by Gasteiger charge is -2.17. The molecule has 154 valence electrons. The van der Waals surface area contributed by atoms with E-state index in [4.69, 9.17) is 21.3 Å². The molecule has 0 radical (unpaired) electrons. The Labute approximate surface area is 183 Å². The molecule has 0 spiro atoms. The smallest absolute Gasteiger partial charge is 0.218 e. The molecule has 0 N–H and O–H groups in total. The Morgan fingerprint density at radius 3 is 2.50 bits per heavy atom. The molecule has 5 rings (SSSR count). The third kappa shape index (κ3) is 3.61. The summed E-state index contributed by atoms with van der Waals surface area (Å²) in [5.41, 5.74) is 8.20. The highest BCUT2D eigenvalue weighted by Gasteiger charge is 2.20. The van der Waals surface area contributed by atoms with Gasteiger partial charge in [0.25, 0.3) is 0 Å². The van der Waals surface area contributed by atoms with Crippen molar-refractivity contribution in [2.24, 2.45) is 0 Å². The van der Waals surface area contributed by atoms with Crippen LogP contribution in [0.1, 0.15) is 36.0 Å². The second-order valence-corrected chi connectivity index (χ2v) is 8.69. The molecular weight excluding hydrogens is 392 g/mol. The van der Waals surface area contributed by atoms with Crippen LogP contribution in [-0.4, -0.2) is 30.1 Å². The first-order valence-corrected chi connectivity index (χ1v) is 11.3. The van der Waals surface area contributed by atoms with Crippen LogP contribution >= 0.6 is 11.6 Å². The van der Waals surface area contributed by atoms with Crippen molar-refractivity contribution < 1.29 is 4.74 Å². The number of hydrogen-bond donors (Lipinski definition) is 0. The number of fused-ring (bicyclic) bond motifs is 1. The van der Waals surface area contributed by atoms with E-state index in [9.17, 15) is 0 Å². The van der Waals surface area contributed by atoms with Gasteiger partial charge in [0.2, 0.25) is 5.88 Å². The fourth-order valence-corrected chi connectivity index (χ4v) is 5.23. The van der Waals surface area contributed by atoms with Crippen LogP contribution in [0.2, 0.25) is 5.02 Å². The third-order valence-electron chi connectivity index (χ3n) is 6.44. The number of rotatable bonds is 5. The molecular formula is C26H27ClN2O. The van der Waals surface area contributed by atoms with Gasteiger partial charge in [0, 0.05) is 23.2 Å². The maximum Gasteiger partial charge on any atom is 0.218 e. The van der Waals surface area contributed by atoms with Crippen molar-refractivity contribution in [2.45, 2.75) is 38.6 Å². The first-order valence-electron chi connectivity index (χ1n) is 10.9. The number of halogens is 1. The van der Waals surface area contributed by atoms with E-state index in [0.717, 1.165) is 59.9 Å². The van der Waals surface area contributed by atoms with Gasteiger partial charge in [-0.1, -0.05) is 54.1 Å². The third-order valence-corrected chi connectivity index (χ3v) is 6.84. The molecule has 1 aliphatic heterocycles. The lowest BCUT2D eigenvalue weighted by atomic mass is 9.95. The Balaban J connectivity index is 1.52. The molecule has 3 aromatic rings. The van der Waals surface area contributed by atoms with E-state index in [2.05, 4.69) is 53.4 Å². The monoisotopic (exact) mass is 418 g/mol. The second-order valence-electron chi connectivity index (χ2n) is 8.31. The van der Waals surface area contributed by atoms with E-state index in [1.165, 1.54) is 36.0 Å². The predicted octanol–water partition coefficient (Wildman–Crippen LogP) is 6.16. The standard InChI is InChI=1S/C26H27ClN2O/c1-30-26-19(17-29-15-2-3-16-29)13-14-24(28-26)23-12-6-11-22(25(23)27)21-10-5-8-18-7-4-9-20(18)21/h5-6,8,10-14H,2-4,7,9,15-17H2,1H3. The van der Waals surface area contributed by atoms with E-state index in [1.54, 1.807) is 7.11 Å². The second kappa shape index (κ2) is 8.41. The average molecular weight is 419 g/mol. The van der Waals surface area contributed by atoms with Crippen LogP contribution in [0.25, 0.3) is 22.4 Å². The SMILES string of the molecule is COc1nc(-c2cccc(-c3cccc4c3CCC4)c2Cl)ccc1CN1CCCC1. The van der Waals surface area contributed by atoms with Gasteiger partial charge >= 0.3 is 0 Å². The highest BCUT2D eigenvalue weighted by molar-refractivity contribution is 6.36. The minimum absolute atomic E-state index is 0.696. The van der Waals surface area contributed by atoms with Crippen LogP contribution in [0, 0.1) is 0 Å². The Bertz CT molecular complexity index is 1070. The summed E-state index contributed by atoms with van der Waals surface area (Å²) < 4.78 is 5.65. The van der Waals surface area contributed by atoms with Crippen molar-refractivity contribution >= 4 is 11.6 Å². The number of likely N-dealkylation sites (tertiary alicyclic amines) is 1. The molecule has 0 bridgehead atoms. The van der Waals surface area contributed by atoms with Gasteiger partial charge in [0.05, 0.1) is 17.8 Å². The van der Waals surface area contributed by atoms with E-state index in [-0.39, 0.29) is 0 Å². The molecule has 3 nitrogen and oxygen atoms in total. The predicted molar refractivity (Wildman–Crippen MR) is 123 cm³/mol. The molecule has 2 heterocycles. The molecule has 30 heavy (non-hydrogen) atoms. The van der Waals surface area contributed by atoms with Crippen molar-refractivity contribution in [3.8, 4) is 28.3 Å². The van der Waals surface area contributed by atoms with Gasteiger partial charge in [-0.3, -0.25) is 4.90 Å². The van der Waals surface area contributed by atoms with Gasteiger partial charge in [0.15, 0.2) is 0 Å². The Morgan fingerprint density at radius 1 is 0.900 bits per heavy atom. The van der Waals surface area contributed by atoms with Crippen LogP contribution < -0.4 is 4.74 Å². The van der Waals surface area contributed by atoms with Crippen LogP contribution in [0.5, 0.6) is 5.88 Å². The highest BCUT2D eigenvalue weighted by Crippen LogP contribution is 2.40. The lowest BCUT2D eigenvalue weighted by Crippen LogP contribution is -2.19. The summed E-state index contributed by atoms with van der Waals surface area (Å²) in [7, 11) is 1.70. The number of hydrogen-bond acceptors (Lipinski definition) is 3. The number of methoxy groups -OCH3 is 1. The summed E-state index contributed by atoms with van der Waals surface area (Å²) in [6.45, 7) is 3.20.